The zero-order valence-corrected chi connectivity index (χ0v) is 13.3. The molecule has 2 aliphatic rings. The van der Waals surface area contributed by atoms with Crippen LogP contribution in [0.25, 0.3) is 6.08 Å². The molecule has 3 heterocycles. The second-order valence-corrected chi connectivity index (χ2v) is 6.22. The fraction of sp³-hybridized carbons (Fsp3) is 0.214. The van der Waals surface area contributed by atoms with E-state index in [1.54, 1.807) is 0 Å². The number of hydrogen-bond donors (Lipinski definition) is 2. The number of hydrogen-bond acceptors (Lipinski definition) is 7. The molecule has 1 fully saturated rings. The van der Waals surface area contributed by atoms with Crippen molar-refractivity contribution in [3.8, 4) is 0 Å². The van der Waals surface area contributed by atoms with Gasteiger partial charge in [-0.25, -0.2) is 4.79 Å². The maximum atomic E-state index is 12.1. The first-order valence-corrected chi connectivity index (χ1v) is 8.02. The van der Waals surface area contributed by atoms with Crippen LogP contribution in [-0.4, -0.2) is 50.4 Å². The highest BCUT2D eigenvalue weighted by Crippen LogP contribution is 2.40. The second kappa shape index (κ2) is 6.43. The Hall–Kier alpha value is -3.08. The number of carboxylic acids is 1. The van der Waals surface area contributed by atoms with Crippen molar-refractivity contribution in [2.24, 2.45) is 0 Å². The van der Waals surface area contributed by atoms with Gasteiger partial charge in [0, 0.05) is 5.75 Å². The average molecular weight is 365 g/mol. The molecule has 0 spiro atoms. The van der Waals surface area contributed by atoms with Gasteiger partial charge in [-0.2, -0.15) is 0 Å². The number of aliphatic carboxylic acids is 1. The summed E-state index contributed by atoms with van der Waals surface area (Å²) >= 11 is 1.31. The Morgan fingerprint density at radius 2 is 2.24 bits per heavy atom. The normalized spacial score (nSPS) is 22.6. The number of carbonyl (C=O) groups excluding carboxylic acids is 2. The molecule has 1 aromatic rings. The lowest BCUT2D eigenvalue weighted by Gasteiger charge is -2.48. The number of thioether (sulfide) groups is 1. The van der Waals surface area contributed by atoms with Crippen LogP contribution < -0.4 is 5.32 Å². The van der Waals surface area contributed by atoms with E-state index in [0.29, 0.717) is 17.7 Å². The number of nitrogens with one attached hydrogen (secondary N) is 1. The fourth-order valence-corrected chi connectivity index (χ4v) is 3.91. The maximum Gasteiger partial charge on any atom is 0.433 e. The van der Waals surface area contributed by atoms with E-state index in [1.165, 1.54) is 36.0 Å². The molecule has 1 unspecified atom stereocenters. The van der Waals surface area contributed by atoms with Crippen LogP contribution >= 0.6 is 11.8 Å². The predicted octanol–water partition coefficient (Wildman–Crippen LogP) is 0.569. The molecule has 10 nitrogen and oxygen atoms in total. The molecule has 0 saturated carbocycles. The van der Waals surface area contributed by atoms with Crippen molar-refractivity contribution >= 4 is 42.0 Å². The van der Waals surface area contributed by atoms with Crippen LogP contribution in [-0.2, 0) is 14.4 Å². The first-order chi connectivity index (χ1) is 11.9. The molecule has 2 amide bonds. The molecule has 130 valence electrons. The molecule has 25 heavy (non-hydrogen) atoms. The molecule has 3 rings (SSSR count). The molecule has 2 N–H and O–H groups in total. The smallest absolute Gasteiger partial charge is 0.433 e. The van der Waals surface area contributed by atoms with Gasteiger partial charge in [-0.15, -0.1) is 11.8 Å². The van der Waals surface area contributed by atoms with Crippen molar-refractivity contribution in [1.29, 1.82) is 0 Å². The molecule has 0 bridgehead atoms. The van der Waals surface area contributed by atoms with Crippen LogP contribution in [0.2, 0.25) is 0 Å². The van der Waals surface area contributed by atoms with Gasteiger partial charge in [-0.3, -0.25) is 24.6 Å². The molecule has 0 radical (unpaired) electrons. The highest BCUT2D eigenvalue weighted by molar-refractivity contribution is 8.00. The van der Waals surface area contributed by atoms with Gasteiger partial charge in [0.05, 0.1) is 6.07 Å². The minimum atomic E-state index is -1.27. The van der Waals surface area contributed by atoms with E-state index in [4.69, 9.17) is 4.42 Å². The Balaban J connectivity index is 1.87. The quantitative estimate of drug-likeness (QED) is 0.322. The van der Waals surface area contributed by atoms with Gasteiger partial charge in [-0.1, -0.05) is 6.08 Å². The SMILES string of the molecule is O=CNC1C(=O)N2C(C(=O)O)=C(C=Cc3ccc([N+](=O)[O-])o3)CS[C@@H]12. The van der Waals surface area contributed by atoms with E-state index in [9.17, 15) is 29.6 Å². The third-order valence-corrected chi connectivity index (χ3v) is 4.99. The zero-order chi connectivity index (χ0) is 18.1. The maximum absolute atomic E-state index is 12.1. The van der Waals surface area contributed by atoms with Crippen LogP contribution in [0, 0.1) is 10.1 Å². The van der Waals surface area contributed by atoms with Crippen LogP contribution in [0.4, 0.5) is 5.88 Å². The highest BCUT2D eigenvalue weighted by Gasteiger charge is 2.53. The molecule has 2 atom stereocenters. The lowest BCUT2D eigenvalue weighted by atomic mass is 10.0. The molecule has 0 aromatic carbocycles. The van der Waals surface area contributed by atoms with Gasteiger partial charge in [-0.05, 0) is 17.7 Å². The van der Waals surface area contributed by atoms with Gasteiger partial charge in [0.15, 0.2) is 0 Å². The number of fused-ring (bicyclic) bond motifs is 1. The van der Waals surface area contributed by atoms with E-state index in [1.807, 2.05) is 0 Å². The molecular formula is C14H11N3O7S. The highest BCUT2D eigenvalue weighted by atomic mass is 32.2. The lowest BCUT2D eigenvalue weighted by Crippen LogP contribution is -2.69. The Morgan fingerprint density at radius 1 is 1.48 bits per heavy atom. The third kappa shape index (κ3) is 2.89. The van der Waals surface area contributed by atoms with Crippen LogP contribution in [0.3, 0.4) is 0 Å². The summed E-state index contributed by atoms with van der Waals surface area (Å²) in [4.78, 5) is 45.2. The van der Waals surface area contributed by atoms with Crippen molar-refractivity contribution in [2.75, 3.05) is 5.75 Å². The van der Waals surface area contributed by atoms with Crippen molar-refractivity contribution in [3.05, 3.63) is 45.4 Å². The average Bonchev–Trinajstić information content (AvgIpc) is 3.06. The molecular weight excluding hydrogens is 354 g/mol. The Morgan fingerprint density at radius 3 is 2.84 bits per heavy atom. The minimum absolute atomic E-state index is 0.171. The minimum Gasteiger partial charge on any atom is -0.477 e. The largest absolute Gasteiger partial charge is 0.477 e. The zero-order valence-electron chi connectivity index (χ0n) is 12.4. The van der Waals surface area contributed by atoms with Gasteiger partial charge in [0.1, 0.15) is 27.8 Å². The summed E-state index contributed by atoms with van der Waals surface area (Å²) in [6.07, 6.45) is 3.25. The standard InChI is InChI=1S/C14H11N3O7S/c18-6-15-10-12(19)16-11(14(20)21)7(5-25-13(10)16)1-2-8-3-4-9(24-8)17(22)23/h1-4,6,10,13H,5H2,(H,15,18)(H,20,21)/t10?,13-/m0/s1. The summed E-state index contributed by atoms with van der Waals surface area (Å²) in [7, 11) is 0. The van der Waals surface area contributed by atoms with Crippen molar-refractivity contribution in [1.82, 2.24) is 10.2 Å². The van der Waals surface area contributed by atoms with E-state index in [-0.39, 0.29) is 11.5 Å². The molecule has 0 aliphatic carbocycles. The first-order valence-electron chi connectivity index (χ1n) is 6.97. The number of allylic oxidation sites excluding steroid dienone is 1. The van der Waals surface area contributed by atoms with E-state index in [2.05, 4.69) is 5.32 Å². The summed E-state index contributed by atoms with van der Waals surface area (Å²) in [5.41, 5.74) is 0.195. The van der Waals surface area contributed by atoms with Gasteiger partial charge >= 0.3 is 11.9 Å². The summed E-state index contributed by atoms with van der Waals surface area (Å²) in [6.45, 7) is 0. The number of β-lactam (4-membered cyclic amide) rings is 1. The number of carbonyl (C=O) groups is 3. The first kappa shape index (κ1) is 16.8. The molecule has 1 aromatic heterocycles. The summed E-state index contributed by atoms with van der Waals surface area (Å²) < 4.78 is 4.97. The number of carboxylic acid groups (broad SMARTS) is 1. The number of rotatable bonds is 6. The van der Waals surface area contributed by atoms with E-state index < -0.39 is 34.1 Å². The van der Waals surface area contributed by atoms with Crippen molar-refractivity contribution in [2.45, 2.75) is 11.4 Å². The second-order valence-electron chi connectivity index (χ2n) is 5.12. The van der Waals surface area contributed by atoms with Gasteiger partial charge in [0.2, 0.25) is 6.41 Å². The van der Waals surface area contributed by atoms with Crippen molar-refractivity contribution in [3.63, 3.8) is 0 Å². The Bertz CT molecular complexity index is 828. The Kier molecular flexibility index (Phi) is 4.31. The topological polar surface area (TPSA) is 143 Å². The van der Waals surface area contributed by atoms with Crippen LogP contribution in [0.5, 0.6) is 0 Å². The summed E-state index contributed by atoms with van der Waals surface area (Å²) in [5, 5.41) is 21.9. The monoisotopic (exact) mass is 365 g/mol. The number of nitrogens with zero attached hydrogens (tertiary/aromatic N) is 2. The van der Waals surface area contributed by atoms with Crippen LogP contribution in [0.1, 0.15) is 5.76 Å². The van der Waals surface area contributed by atoms with E-state index in [0.717, 1.165) is 4.90 Å². The number of furan rings is 1. The predicted molar refractivity (Wildman–Crippen MR) is 85.1 cm³/mol. The Labute approximate surface area is 144 Å². The number of amides is 2. The van der Waals surface area contributed by atoms with Gasteiger partial charge in [0.25, 0.3) is 5.91 Å². The molecule has 2 aliphatic heterocycles. The lowest BCUT2D eigenvalue weighted by molar-refractivity contribution is -0.402. The van der Waals surface area contributed by atoms with E-state index >= 15 is 0 Å². The summed E-state index contributed by atoms with van der Waals surface area (Å²) in [5.74, 6) is -1.71. The third-order valence-electron chi connectivity index (χ3n) is 3.69. The fourth-order valence-electron chi connectivity index (χ4n) is 2.58. The molecule has 11 heteroatoms. The molecule has 1 saturated heterocycles. The van der Waals surface area contributed by atoms with Crippen LogP contribution in [0.15, 0.2) is 33.9 Å². The van der Waals surface area contributed by atoms with Crippen molar-refractivity contribution < 1.29 is 28.8 Å². The summed E-state index contributed by atoms with van der Waals surface area (Å²) in [6, 6.07) is 1.83. The number of nitro groups is 1. The van der Waals surface area contributed by atoms with Gasteiger partial charge < -0.3 is 14.8 Å².